The van der Waals surface area contributed by atoms with Crippen molar-refractivity contribution < 1.29 is 17.2 Å². The number of hydrogen-bond acceptors (Lipinski definition) is 2. The molecule has 21 heavy (non-hydrogen) atoms. The predicted molar refractivity (Wildman–Crippen MR) is 78.1 cm³/mol. The van der Waals surface area contributed by atoms with Gasteiger partial charge in [0.2, 0.25) is 0 Å². The maximum atomic E-state index is 13.5. The molecule has 0 radical (unpaired) electrons. The fraction of sp³-hybridized carbons (Fsp3) is 0.143. The maximum Gasteiger partial charge on any atom is 0.261 e. The smallest absolute Gasteiger partial charge is 0.261 e. The van der Waals surface area contributed by atoms with Crippen LogP contribution in [0.3, 0.4) is 0 Å². The molecular weight excluding hydrogens is 320 g/mol. The molecule has 0 unspecified atom stereocenters. The largest absolute Gasteiger partial charge is 0.280 e. The summed E-state index contributed by atoms with van der Waals surface area (Å²) in [5, 5.41) is -0.193. The molecule has 0 aliphatic rings. The fourth-order valence-electron chi connectivity index (χ4n) is 1.84. The van der Waals surface area contributed by atoms with Crippen molar-refractivity contribution in [3.63, 3.8) is 0 Å². The predicted octanol–water partition coefficient (Wildman–Crippen LogP) is 4.04. The average molecular weight is 332 g/mol. The van der Waals surface area contributed by atoms with E-state index in [9.17, 15) is 17.2 Å². The van der Waals surface area contributed by atoms with Crippen LogP contribution in [0.25, 0.3) is 0 Å². The third-order valence-corrected chi connectivity index (χ3v) is 4.54. The molecule has 2 aromatic carbocycles. The summed E-state index contributed by atoms with van der Waals surface area (Å²) in [7, 11) is -3.90. The number of rotatable bonds is 3. The zero-order valence-corrected chi connectivity index (χ0v) is 12.8. The lowest BCUT2D eigenvalue weighted by Crippen LogP contribution is -2.14. The molecule has 0 saturated heterocycles. The molecule has 3 nitrogen and oxygen atoms in total. The topological polar surface area (TPSA) is 46.2 Å². The van der Waals surface area contributed by atoms with Crippen molar-refractivity contribution in [2.75, 3.05) is 4.72 Å². The van der Waals surface area contributed by atoms with Gasteiger partial charge in [0.25, 0.3) is 10.0 Å². The number of nitrogens with one attached hydrogen (secondary N) is 1. The van der Waals surface area contributed by atoms with Crippen LogP contribution in [0.2, 0.25) is 5.02 Å². The van der Waals surface area contributed by atoms with Crippen LogP contribution in [-0.2, 0) is 10.0 Å². The van der Waals surface area contributed by atoms with Crippen molar-refractivity contribution in [1.82, 2.24) is 0 Å². The minimum absolute atomic E-state index is 0.0700. The van der Waals surface area contributed by atoms with E-state index in [4.69, 9.17) is 11.6 Å². The Hall–Kier alpha value is -1.66. The van der Waals surface area contributed by atoms with Gasteiger partial charge < -0.3 is 0 Å². The summed E-state index contributed by atoms with van der Waals surface area (Å²) in [5.41, 5.74) is 0.584. The van der Waals surface area contributed by atoms with Crippen LogP contribution in [0.5, 0.6) is 0 Å². The van der Waals surface area contributed by atoms with Crippen LogP contribution in [0.1, 0.15) is 11.1 Å². The fourth-order valence-corrected chi connectivity index (χ4v) is 3.23. The molecule has 0 aliphatic heterocycles. The first-order chi connectivity index (χ1) is 9.70. The highest BCUT2D eigenvalue weighted by molar-refractivity contribution is 7.92. The minimum atomic E-state index is -3.90. The lowest BCUT2D eigenvalue weighted by atomic mass is 10.1. The Bertz CT molecular complexity index is 784. The Balaban J connectivity index is 2.40. The maximum absolute atomic E-state index is 13.5. The molecule has 0 aromatic heterocycles. The van der Waals surface area contributed by atoms with Crippen molar-refractivity contribution in [3.8, 4) is 0 Å². The number of anilines is 1. The van der Waals surface area contributed by atoms with Crippen molar-refractivity contribution in [3.05, 3.63) is 58.1 Å². The standard InChI is InChI=1S/C14H12ClF2NO2S/c1-8-5-11(6-9(2)14(8)17)21(19,20)18-10-3-4-13(16)12(15)7-10/h3-7,18H,1-2H3. The van der Waals surface area contributed by atoms with E-state index in [0.29, 0.717) is 0 Å². The molecule has 0 amide bonds. The molecular formula is C14H12ClF2NO2S. The minimum Gasteiger partial charge on any atom is -0.280 e. The van der Waals surface area contributed by atoms with Gasteiger partial charge in [-0.05, 0) is 55.3 Å². The number of halogens is 3. The van der Waals surface area contributed by atoms with E-state index in [1.54, 1.807) is 0 Å². The number of benzene rings is 2. The lowest BCUT2D eigenvalue weighted by molar-refractivity contribution is 0.595. The summed E-state index contributed by atoms with van der Waals surface area (Å²) in [5.74, 6) is -1.09. The van der Waals surface area contributed by atoms with Crippen LogP contribution < -0.4 is 4.72 Å². The second-order valence-electron chi connectivity index (χ2n) is 4.61. The van der Waals surface area contributed by atoms with Gasteiger partial charge in [-0.2, -0.15) is 0 Å². The highest BCUT2D eigenvalue weighted by Crippen LogP contribution is 2.24. The van der Waals surface area contributed by atoms with Gasteiger partial charge in [-0.1, -0.05) is 11.6 Å². The Kier molecular flexibility index (Phi) is 4.20. The van der Waals surface area contributed by atoms with Crippen LogP contribution in [0.15, 0.2) is 35.2 Å². The van der Waals surface area contributed by atoms with Crippen LogP contribution in [0, 0.1) is 25.5 Å². The lowest BCUT2D eigenvalue weighted by Gasteiger charge is -2.11. The van der Waals surface area contributed by atoms with E-state index in [1.807, 2.05) is 0 Å². The Morgan fingerprint density at radius 2 is 1.62 bits per heavy atom. The van der Waals surface area contributed by atoms with E-state index >= 15 is 0 Å². The van der Waals surface area contributed by atoms with E-state index in [1.165, 1.54) is 32.0 Å². The third kappa shape index (κ3) is 3.33. The van der Waals surface area contributed by atoms with Gasteiger partial charge in [-0.25, -0.2) is 17.2 Å². The van der Waals surface area contributed by atoms with Crippen LogP contribution in [0.4, 0.5) is 14.5 Å². The quantitative estimate of drug-likeness (QED) is 0.922. The van der Waals surface area contributed by atoms with E-state index < -0.39 is 21.7 Å². The number of aryl methyl sites for hydroxylation is 2. The molecule has 112 valence electrons. The molecule has 2 rings (SSSR count). The second-order valence-corrected chi connectivity index (χ2v) is 6.70. The van der Waals surface area contributed by atoms with Crippen molar-refractivity contribution in [2.24, 2.45) is 0 Å². The first-order valence-electron chi connectivity index (χ1n) is 5.95. The van der Waals surface area contributed by atoms with Gasteiger partial charge in [-0.3, -0.25) is 4.72 Å². The Morgan fingerprint density at radius 3 is 2.14 bits per heavy atom. The van der Waals surface area contributed by atoms with Crippen LogP contribution >= 0.6 is 11.6 Å². The molecule has 0 aliphatic carbocycles. The van der Waals surface area contributed by atoms with Crippen molar-refractivity contribution in [1.29, 1.82) is 0 Å². The van der Waals surface area contributed by atoms with Gasteiger partial charge in [0.15, 0.2) is 0 Å². The van der Waals surface area contributed by atoms with E-state index in [-0.39, 0.29) is 26.7 Å². The SMILES string of the molecule is Cc1cc(S(=O)(=O)Nc2ccc(F)c(Cl)c2)cc(C)c1F. The average Bonchev–Trinajstić information content (AvgIpc) is 2.39. The molecule has 0 atom stereocenters. The van der Waals surface area contributed by atoms with E-state index in [2.05, 4.69) is 4.72 Å². The number of hydrogen-bond donors (Lipinski definition) is 1. The molecule has 2 aromatic rings. The Labute approximate surface area is 126 Å². The summed E-state index contributed by atoms with van der Waals surface area (Å²) < 4.78 is 53.4. The first kappa shape index (κ1) is 15.7. The summed E-state index contributed by atoms with van der Waals surface area (Å²) in [6, 6.07) is 5.94. The van der Waals surface area contributed by atoms with Gasteiger partial charge in [0.05, 0.1) is 15.6 Å². The molecule has 0 heterocycles. The third-order valence-electron chi connectivity index (χ3n) is 2.89. The van der Waals surface area contributed by atoms with E-state index in [0.717, 1.165) is 12.1 Å². The molecule has 0 saturated carbocycles. The zero-order chi connectivity index (χ0) is 15.8. The molecule has 0 bridgehead atoms. The molecule has 7 heteroatoms. The normalized spacial score (nSPS) is 11.5. The van der Waals surface area contributed by atoms with Crippen molar-refractivity contribution >= 4 is 27.3 Å². The summed E-state index contributed by atoms with van der Waals surface area (Å²) >= 11 is 5.60. The second kappa shape index (κ2) is 5.61. The molecule has 0 fully saturated rings. The Morgan fingerprint density at radius 1 is 1.05 bits per heavy atom. The van der Waals surface area contributed by atoms with Gasteiger partial charge in [0, 0.05) is 0 Å². The number of sulfonamides is 1. The first-order valence-corrected chi connectivity index (χ1v) is 7.81. The monoisotopic (exact) mass is 331 g/mol. The molecule has 0 spiro atoms. The summed E-state index contributed by atoms with van der Waals surface area (Å²) in [4.78, 5) is -0.0700. The van der Waals surface area contributed by atoms with Crippen molar-refractivity contribution in [2.45, 2.75) is 18.7 Å². The summed E-state index contributed by atoms with van der Waals surface area (Å²) in [6.07, 6.45) is 0. The van der Waals surface area contributed by atoms with Gasteiger partial charge in [0.1, 0.15) is 11.6 Å². The zero-order valence-electron chi connectivity index (χ0n) is 11.2. The van der Waals surface area contributed by atoms with Gasteiger partial charge in [-0.15, -0.1) is 0 Å². The molecule has 1 N–H and O–H groups in total. The van der Waals surface area contributed by atoms with Gasteiger partial charge >= 0.3 is 0 Å². The van der Waals surface area contributed by atoms with Crippen LogP contribution in [-0.4, -0.2) is 8.42 Å². The summed E-state index contributed by atoms with van der Waals surface area (Å²) in [6.45, 7) is 2.96. The highest BCUT2D eigenvalue weighted by atomic mass is 35.5. The highest BCUT2D eigenvalue weighted by Gasteiger charge is 2.17.